The fourth-order valence-electron chi connectivity index (χ4n) is 7.61. The van der Waals surface area contributed by atoms with Crippen LogP contribution in [0, 0.1) is 18.3 Å². The number of ether oxygens (including phenoxy) is 2. The largest absolute Gasteiger partial charge is 0.444 e. The average molecular weight is 796 g/mol. The highest BCUT2D eigenvalue weighted by molar-refractivity contribution is 7.90. The number of unbranched alkanes of at least 4 members (excludes halogenated alkanes) is 4. The fraction of sp³-hybridized carbons (Fsp3) is 0.585. The molecule has 2 aromatic carbocycles. The summed E-state index contributed by atoms with van der Waals surface area (Å²) in [5, 5.41) is 2.70. The molecule has 0 radical (unpaired) electrons. The molecule has 1 aliphatic carbocycles. The van der Waals surface area contributed by atoms with E-state index < -0.39 is 69.1 Å². The number of rotatable bonds is 15. The number of nitrogens with zero attached hydrogens (tertiary/aromatic N) is 2. The zero-order valence-electron chi connectivity index (χ0n) is 33.2. The van der Waals surface area contributed by atoms with Gasteiger partial charge in [-0.25, -0.2) is 22.7 Å². The van der Waals surface area contributed by atoms with Gasteiger partial charge in [-0.1, -0.05) is 81.0 Å². The number of carbonyl (C=O) groups is 5. The van der Waals surface area contributed by atoms with Crippen LogP contribution in [0.15, 0.2) is 53.4 Å². The van der Waals surface area contributed by atoms with E-state index in [4.69, 9.17) is 15.2 Å². The molecule has 0 aromatic heterocycles. The number of aryl methyl sites for hydroxylation is 1. The second-order valence-corrected chi connectivity index (χ2v) is 18.4. The lowest BCUT2D eigenvalue weighted by molar-refractivity contribution is -0.139. The summed E-state index contributed by atoms with van der Waals surface area (Å²) in [5.41, 5.74) is 7.36. The summed E-state index contributed by atoms with van der Waals surface area (Å²) in [4.78, 5) is 68.5. The maximum absolute atomic E-state index is 14.0. The van der Waals surface area contributed by atoms with E-state index in [1.54, 1.807) is 44.7 Å². The van der Waals surface area contributed by atoms with Gasteiger partial charge >= 0.3 is 12.2 Å². The van der Waals surface area contributed by atoms with Crippen molar-refractivity contribution in [3.05, 3.63) is 65.2 Å². The second kappa shape index (κ2) is 17.6. The number of fused-ring (bicyclic) bond motifs is 1. The van der Waals surface area contributed by atoms with Crippen molar-refractivity contribution in [2.24, 2.45) is 17.1 Å². The van der Waals surface area contributed by atoms with Crippen molar-refractivity contribution in [2.45, 2.75) is 134 Å². The predicted octanol–water partition coefficient (Wildman–Crippen LogP) is 5.10. The monoisotopic (exact) mass is 795 g/mol. The minimum atomic E-state index is -3.95. The lowest BCUT2D eigenvalue weighted by Crippen LogP contribution is -2.53. The highest BCUT2D eigenvalue weighted by atomic mass is 32.2. The maximum Gasteiger partial charge on any atom is 0.410 e. The molecular formula is C41H57N5O9S. The number of benzene rings is 2. The van der Waals surface area contributed by atoms with Gasteiger partial charge in [0, 0.05) is 19.5 Å². The van der Waals surface area contributed by atoms with Crippen LogP contribution in [0.25, 0.3) is 0 Å². The predicted molar refractivity (Wildman–Crippen MR) is 208 cm³/mol. The lowest BCUT2D eigenvalue weighted by Gasteiger charge is -2.29. The van der Waals surface area contributed by atoms with E-state index in [1.807, 2.05) is 31.2 Å². The second-order valence-electron chi connectivity index (χ2n) is 16.7. The molecule has 0 spiro atoms. The molecule has 2 fully saturated rings. The lowest BCUT2D eigenvalue weighted by atomic mass is 10.0. The smallest absolute Gasteiger partial charge is 0.410 e. The van der Waals surface area contributed by atoms with Crippen LogP contribution in [0.4, 0.5) is 9.59 Å². The van der Waals surface area contributed by atoms with E-state index in [0.29, 0.717) is 32.4 Å². The molecule has 1 saturated heterocycles. The number of amides is 5. The third-order valence-corrected chi connectivity index (χ3v) is 12.4. The van der Waals surface area contributed by atoms with Gasteiger partial charge in [0.1, 0.15) is 23.8 Å². The Hall–Kier alpha value is -4.66. The Morgan fingerprint density at radius 1 is 0.964 bits per heavy atom. The quantitative estimate of drug-likeness (QED) is 0.206. The van der Waals surface area contributed by atoms with E-state index >= 15 is 0 Å². The summed E-state index contributed by atoms with van der Waals surface area (Å²) < 4.78 is 39.0. The summed E-state index contributed by atoms with van der Waals surface area (Å²) in [5.74, 6) is -1.61. The standard InChI is InChI=1S/C41H57N5O9S/c1-27-17-19-32(20-18-27)56(52,53)44-37(49)41(5)24-30(41)15-9-7-6-8-10-16-33(43-38(50)55-40(2,3)4)36(48)46-26-31(23-34(46)35(42)47)54-39(51)45-22-21-28-13-11-12-14-29(28)25-45/h11-14,17-20,30-31,33-34H,6-10,15-16,21-26H2,1-5H3,(H2,42,47)(H,43,50)(H,44,49)/t30-,31-,33+,34+,41+/m1/s1. The molecule has 15 heteroatoms. The number of likely N-dealkylation sites (tertiary alicyclic amines) is 1. The van der Waals surface area contributed by atoms with Gasteiger partial charge in [0.05, 0.1) is 16.9 Å². The number of alkyl carbamates (subject to hydrolysis) is 1. The average Bonchev–Trinajstić information content (AvgIpc) is 3.61. The SMILES string of the molecule is Cc1ccc(S(=O)(=O)NC(=O)[C@@]2(C)C[C@H]2CCCCCCC[C@H](NC(=O)OC(C)(C)C)C(=O)N2C[C@H](OC(=O)N3CCc4ccccc4C3)C[C@H]2C(N)=O)cc1. The molecule has 2 heterocycles. The number of carbonyl (C=O) groups excluding carboxylic acids is 5. The van der Waals surface area contributed by atoms with Crippen molar-refractivity contribution in [1.29, 1.82) is 0 Å². The molecule has 5 amide bonds. The van der Waals surface area contributed by atoms with Gasteiger partial charge in [-0.3, -0.25) is 14.4 Å². The highest BCUT2D eigenvalue weighted by Gasteiger charge is 2.56. The molecule has 14 nitrogen and oxygen atoms in total. The zero-order chi connectivity index (χ0) is 40.8. The van der Waals surface area contributed by atoms with Crippen molar-refractivity contribution >= 4 is 39.9 Å². The van der Waals surface area contributed by atoms with Crippen LogP contribution in [0.2, 0.25) is 0 Å². The van der Waals surface area contributed by atoms with Gasteiger partial charge in [-0.05, 0) is 82.6 Å². The highest BCUT2D eigenvalue weighted by Crippen LogP contribution is 2.55. The molecule has 1 saturated carbocycles. The number of primary amides is 1. The van der Waals surface area contributed by atoms with Gasteiger partial charge in [0.15, 0.2) is 0 Å². The van der Waals surface area contributed by atoms with Crippen LogP contribution in [0.3, 0.4) is 0 Å². The van der Waals surface area contributed by atoms with Crippen molar-refractivity contribution in [3.63, 3.8) is 0 Å². The van der Waals surface area contributed by atoms with Crippen LogP contribution in [0.5, 0.6) is 0 Å². The van der Waals surface area contributed by atoms with Gasteiger partial charge in [0.25, 0.3) is 10.0 Å². The number of sulfonamides is 1. The Bertz CT molecular complexity index is 1880. The number of nitrogens with two attached hydrogens (primary N) is 1. The summed E-state index contributed by atoms with van der Waals surface area (Å²) >= 11 is 0. The minimum Gasteiger partial charge on any atom is -0.444 e. The Balaban J connectivity index is 1.09. The van der Waals surface area contributed by atoms with Gasteiger partial charge in [-0.15, -0.1) is 0 Å². The summed E-state index contributed by atoms with van der Waals surface area (Å²) in [6, 6.07) is 12.2. The summed E-state index contributed by atoms with van der Waals surface area (Å²) in [6.07, 6.45) is 4.35. The number of hydrogen-bond donors (Lipinski definition) is 3. The van der Waals surface area contributed by atoms with Crippen molar-refractivity contribution in [1.82, 2.24) is 19.8 Å². The van der Waals surface area contributed by atoms with Crippen LogP contribution < -0.4 is 15.8 Å². The van der Waals surface area contributed by atoms with Crippen molar-refractivity contribution < 1.29 is 41.9 Å². The molecule has 5 atom stereocenters. The zero-order valence-corrected chi connectivity index (χ0v) is 34.0. The van der Waals surface area contributed by atoms with Crippen LogP contribution in [-0.2, 0) is 46.8 Å². The molecule has 4 N–H and O–H groups in total. The molecule has 56 heavy (non-hydrogen) atoms. The molecular weight excluding hydrogens is 739 g/mol. The Morgan fingerprint density at radius 3 is 2.30 bits per heavy atom. The van der Waals surface area contributed by atoms with Crippen molar-refractivity contribution in [2.75, 3.05) is 13.1 Å². The van der Waals surface area contributed by atoms with Crippen LogP contribution >= 0.6 is 0 Å². The molecule has 5 rings (SSSR count). The van der Waals surface area contributed by atoms with Crippen LogP contribution in [0.1, 0.15) is 102 Å². The normalized spacial score (nSPS) is 22.4. The first-order valence-corrected chi connectivity index (χ1v) is 21.1. The first-order chi connectivity index (χ1) is 26.4. The third-order valence-electron chi connectivity index (χ3n) is 11.1. The van der Waals surface area contributed by atoms with Crippen molar-refractivity contribution in [3.8, 4) is 0 Å². The molecule has 2 aliphatic heterocycles. The maximum atomic E-state index is 14.0. The Labute approximate surface area is 330 Å². The fourth-order valence-corrected chi connectivity index (χ4v) is 8.70. The van der Waals surface area contributed by atoms with E-state index in [2.05, 4.69) is 10.0 Å². The van der Waals surface area contributed by atoms with Gasteiger partial charge < -0.3 is 30.3 Å². The Morgan fingerprint density at radius 2 is 1.62 bits per heavy atom. The molecule has 2 aromatic rings. The minimum absolute atomic E-state index is 0.0366. The van der Waals surface area contributed by atoms with E-state index in [-0.39, 0.29) is 30.2 Å². The van der Waals surface area contributed by atoms with Gasteiger partial charge in [0.2, 0.25) is 17.7 Å². The number of nitrogens with one attached hydrogen (secondary N) is 2. The summed E-state index contributed by atoms with van der Waals surface area (Å²) in [7, 11) is -3.95. The molecule has 3 aliphatic rings. The van der Waals surface area contributed by atoms with Gasteiger partial charge in [-0.2, -0.15) is 0 Å². The van der Waals surface area contributed by atoms with E-state index in [9.17, 15) is 32.4 Å². The molecule has 306 valence electrons. The number of hydrogen-bond acceptors (Lipinski definition) is 9. The van der Waals surface area contributed by atoms with Crippen LogP contribution in [-0.4, -0.2) is 85.0 Å². The topological polar surface area (TPSA) is 195 Å². The van der Waals surface area contributed by atoms with E-state index in [0.717, 1.165) is 43.2 Å². The molecule has 0 unspecified atom stereocenters. The first-order valence-electron chi connectivity index (χ1n) is 19.6. The Kier molecular flexibility index (Phi) is 13.4. The van der Waals surface area contributed by atoms with E-state index in [1.165, 1.54) is 22.6 Å². The molecule has 0 bridgehead atoms. The first kappa shape index (κ1) is 42.5. The third kappa shape index (κ3) is 11.0. The summed E-state index contributed by atoms with van der Waals surface area (Å²) in [6.45, 7) is 9.68.